The van der Waals surface area contributed by atoms with Crippen molar-refractivity contribution in [2.45, 2.75) is 6.42 Å². The number of carbonyl (C=O) groups excluding carboxylic acids is 2. The Hall–Kier alpha value is -1.30. The lowest BCUT2D eigenvalue weighted by Gasteiger charge is -2.32. The number of piperazine rings is 1. The summed E-state index contributed by atoms with van der Waals surface area (Å²) in [5.74, 6) is -0.100. The fourth-order valence-corrected chi connectivity index (χ4v) is 2.51. The average Bonchev–Trinajstić information content (AvgIpc) is 2.50. The van der Waals surface area contributed by atoms with Crippen LogP contribution in [0.5, 0.6) is 0 Å². The van der Waals surface area contributed by atoms with Crippen LogP contribution < -0.4 is 5.32 Å². The van der Waals surface area contributed by atoms with E-state index < -0.39 is 0 Å². The Kier molecular flexibility index (Phi) is 5.85. The van der Waals surface area contributed by atoms with E-state index in [1.165, 1.54) is 0 Å². The van der Waals surface area contributed by atoms with E-state index in [9.17, 15) is 9.59 Å². The molecule has 7 heteroatoms. The number of anilines is 1. The van der Waals surface area contributed by atoms with Crippen molar-refractivity contribution in [2.24, 2.45) is 0 Å². The van der Waals surface area contributed by atoms with Crippen LogP contribution in [0.4, 0.5) is 5.69 Å². The van der Waals surface area contributed by atoms with Gasteiger partial charge in [-0.25, -0.2) is 0 Å². The molecule has 2 rings (SSSR count). The van der Waals surface area contributed by atoms with Crippen LogP contribution in [0.15, 0.2) is 18.2 Å². The van der Waals surface area contributed by atoms with E-state index in [1.807, 2.05) is 0 Å². The van der Waals surface area contributed by atoms with Gasteiger partial charge in [0.2, 0.25) is 12.3 Å². The zero-order chi connectivity index (χ0) is 15.2. The van der Waals surface area contributed by atoms with E-state index in [0.29, 0.717) is 41.8 Å². The summed E-state index contributed by atoms with van der Waals surface area (Å²) in [5.41, 5.74) is 0.528. The predicted molar refractivity (Wildman–Crippen MR) is 83.8 cm³/mol. The number of rotatable bonds is 5. The van der Waals surface area contributed by atoms with Crippen molar-refractivity contribution in [3.63, 3.8) is 0 Å². The van der Waals surface area contributed by atoms with Crippen LogP contribution in [0.3, 0.4) is 0 Å². The van der Waals surface area contributed by atoms with Gasteiger partial charge in [0.1, 0.15) is 0 Å². The van der Waals surface area contributed by atoms with Crippen LogP contribution in [0, 0.1) is 0 Å². The van der Waals surface area contributed by atoms with Crippen molar-refractivity contribution >= 4 is 41.2 Å². The lowest BCUT2D eigenvalue weighted by atomic mass is 10.2. The summed E-state index contributed by atoms with van der Waals surface area (Å²) in [7, 11) is 0. The Balaban J connectivity index is 1.78. The molecule has 1 fully saturated rings. The molecule has 0 spiro atoms. The van der Waals surface area contributed by atoms with Gasteiger partial charge in [-0.1, -0.05) is 29.3 Å². The molecule has 0 aliphatic carbocycles. The fraction of sp³-hybridized carbons (Fsp3) is 0.429. The quantitative estimate of drug-likeness (QED) is 0.841. The van der Waals surface area contributed by atoms with Crippen LogP contribution in [0.2, 0.25) is 10.0 Å². The molecule has 1 aromatic carbocycles. The summed E-state index contributed by atoms with van der Waals surface area (Å²) in [6, 6.07) is 5.13. The summed E-state index contributed by atoms with van der Waals surface area (Å²) < 4.78 is 0. The molecule has 1 aliphatic heterocycles. The van der Waals surface area contributed by atoms with E-state index >= 15 is 0 Å². The molecule has 5 nitrogen and oxygen atoms in total. The van der Waals surface area contributed by atoms with Crippen molar-refractivity contribution in [3.8, 4) is 0 Å². The topological polar surface area (TPSA) is 52.7 Å². The van der Waals surface area contributed by atoms with Gasteiger partial charge in [0.05, 0.1) is 15.7 Å². The molecule has 0 atom stereocenters. The van der Waals surface area contributed by atoms with Crippen molar-refractivity contribution in [1.82, 2.24) is 9.80 Å². The molecule has 114 valence electrons. The first-order valence-corrected chi connectivity index (χ1v) is 7.51. The molecule has 1 N–H and O–H groups in total. The Morgan fingerprint density at radius 2 is 1.95 bits per heavy atom. The molecule has 0 bridgehead atoms. The van der Waals surface area contributed by atoms with Gasteiger partial charge in [0, 0.05) is 39.1 Å². The Morgan fingerprint density at radius 1 is 1.24 bits per heavy atom. The van der Waals surface area contributed by atoms with Crippen LogP contribution in [-0.4, -0.2) is 54.8 Å². The van der Waals surface area contributed by atoms with E-state index in [4.69, 9.17) is 23.2 Å². The second-order valence-electron chi connectivity index (χ2n) is 4.88. The monoisotopic (exact) mass is 329 g/mol. The smallest absolute Gasteiger partial charge is 0.225 e. The van der Waals surface area contributed by atoms with Crippen LogP contribution in [0.1, 0.15) is 6.42 Å². The van der Waals surface area contributed by atoms with Crippen molar-refractivity contribution in [3.05, 3.63) is 28.2 Å². The molecule has 0 radical (unpaired) electrons. The molecule has 0 unspecified atom stereocenters. The van der Waals surface area contributed by atoms with E-state index in [1.54, 1.807) is 23.1 Å². The summed E-state index contributed by atoms with van der Waals surface area (Å²) in [4.78, 5) is 26.5. The maximum Gasteiger partial charge on any atom is 0.225 e. The Bertz CT molecular complexity index is 517. The second kappa shape index (κ2) is 7.64. The third kappa shape index (κ3) is 4.59. The van der Waals surface area contributed by atoms with Gasteiger partial charge >= 0.3 is 0 Å². The molecule has 1 heterocycles. The Morgan fingerprint density at radius 3 is 2.62 bits per heavy atom. The summed E-state index contributed by atoms with van der Waals surface area (Å²) >= 11 is 11.9. The van der Waals surface area contributed by atoms with E-state index in [2.05, 4.69) is 10.2 Å². The highest BCUT2D eigenvalue weighted by atomic mass is 35.5. The first kappa shape index (κ1) is 16.1. The summed E-state index contributed by atoms with van der Waals surface area (Å²) in [5, 5.41) is 3.53. The SMILES string of the molecule is O=CN1CCN(CCC(=O)Nc2cccc(Cl)c2Cl)CC1. The van der Waals surface area contributed by atoms with Crippen molar-refractivity contribution < 1.29 is 9.59 Å². The van der Waals surface area contributed by atoms with Crippen molar-refractivity contribution in [1.29, 1.82) is 0 Å². The molecule has 0 saturated carbocycles. The third-order valence-electron chi connectivity index (χ3n) is 3.44. The molecule has 1 saturated heterocycles. The highest BCUT2D eigenvalue weighted by Crippen LogP contribution is 2.29. The van der Waals surface area contributed by atoms with Gasteiger partial charge in [-0.05, 0) is 12.1 Å². The number of halogens is 2. The molecule has 1 aromatic rings. The summed E-state index contributed by atoms with van der Waals surface area (Å²) in [6.07, 6.45) is 1.25. The first-order chi connectivity index (χ1) is 10.1. The number of hydrogen-bond donors (Lipinski definition) is 1. The van der Waals surface area contributed by atoms with Crippen LogP contribution in [-0.2, 0) is 9.59 Å². The van der Waals surface area contributed by atoms with Gasteiger partial charge in [-0.3, -0.25) is 14.5 Å². The maximum absolute atomic E-state index is 11.9. The van der Waals surface area contributed by atoms with E-state index in [-0.39, 0.29) is 5.91 Å². The summed E-state index contributed by atoms with van der Waals surface area (Å²) in [6.45, 7) is 3.68. The standard InChI is InChI=1S/C14H17Cl2N3O2/c15-11-2-1-3-12(14(11)16)17-13(21)4-5-18-6-8-19(10-20)9-7-18/h1-3,10H,4-9H2,(H,17,21). The minimum atomic E-state index is -0.100. The van der Waals surface area contributed by atoms with Crippen molar-refractivity contribution in [2.75, 3.05) is 38.0 Å². The lowest BCUT2D eigenvalue weighted by Crippen LogP contribution is -2.46. The average molecular weight is 330 g/mol. The number of carbonyl (C=O) groups is 2. The highest BCUT2D eigenvalue weighted by molar-refractivity contribution is 6.43. The lowest BCUT2D eigenvalue weighted by molar-refractivity contribution is -0.120. The van der Waals surface area contributed by atoms with Gasteiger partial charge in [-0.15, -0.1) is 0 Å². The molecule has 2 amide bonds. The second-order valence-corrected chi connectivity index (χ2v) is 5.67. The van der Waals surface area contributed by atoms with Gasteiger partial charge in [0.25, 0.3) is 0 Å². The van der Waals surface area contributed by atoms with Crippen LogP contribution in [0.25, 0.3) is 0 Å². The van der Waals surface area contributed by atoms with Gasteiger partial charge < -0.3 is 10.2 Å². The molecule has 21 heavy (non-hydrogen) atoms. The largest absolute Gasteiger partial charge is 0.343 e. The molecular weight excluding hydrogens is 313 g/mol. The van der Waals surface area contributed by atoms with Gasteiger partial charge in [0.15, 0.2) is 0 Å². The normalized spacial score (nSPS) is 15.8. The minimum Gasteiger partial charge on any atom is -0.343 e. The minimum absolute atomic E-state index is 0.100. The predicted octanol–water partition coefficient (Wildman–Crippen LogP) is 2.10. The molecule has 0 aromatic heterocycles. The Labute approximate surface area is 133 Å². The molecule has 1 aliphatic rings. The number of benzene rings is 1. The van der Waals surface area contributed by atoms with Crippen LogP contribution >= 0.6 is 23.2 Å². The third-order valence-corrected chi connectivity index (χ3v) is 4.26. The number of nitrogens with one attached hydrogen (secondary N) is 1. The van der Waals surface area contributed by atoms with E-state index in [0.717, 1.165) is 19.5 Å². The zero-order valence-electron chi connectivity index (χ0n) is 11.5. The zero-order valence-corrected chi connectivity index (χ0v) is 13.0. The number of nitrogens with zero attached hydrogens (tertiary/aromatic N) is 2. The fourth-order valence-electron chi connectivity index (χ4n) is 2.17. The van der Waals surface area contributed by atoms with Gasteiger partial charge in [-0.2, -0.15) is 0 Å². The highest BCUT2D eigenvalue weighted by Gasteiger charge is 2.16. The number of hydrogen-bond acceptors (Lipinski definition) is 3. The number of amides is 2. The maximum atomic E-state index is 11.9. The molecular formula is C14H17Cl2N3O2. The first-order valence-electron chi connectivity index (χ1n) is 6.75.